The number of halogens is 1. The number of para-hydroxylation sites is 2. The minimum atomic E-state index is -0.436. The summed E-state index contributed by atoms with van der Waals surface area (Å²) in [4.78, 5) is 30.6. The molecule has 0 saturated carbocycles. The second-order valence-electron chi connectivity index (χ2n) is 8.90. The van der Waals surface area contributed by atoms with E-state index < -0.39 is 5.82 Å². The molecule has 2 atom stereocenters. The van der Waals surface area contributed by atoms with E-state index >= 15 is 0 Å². The Labute approximate surface area is 201 Å². The molecule has 3 aromatic carbocycles. The van der Waals surface area contributed by atoms with E-state index in [4.69, 9.17) is 0 Å². The van der Waals surface area contributed by atoms with E-state index in [-0.39, 0.29) is 23.9 Å². The predicted molar refractivity (Wildman–Crippen MR) is 135 cm³/mol. The fourth-order valence-corrected chi connectivity index (χ4v) is 4.83. The SMILES string of the molecule is CCCCCC(=O)N(c1ccccc1)[C@H]1C[C@@H](C)N(C(=O)c2cccc(F)c2)c2ccccc21. The molecule has 1 aliphatic rings. The van der Waals surface area contributed by atoms with Gasteiger partial charge >= 0.3 is 0 Å². The lowest BCUT2D eigenvalue weighted by molar-refractivity contribution is -0.119. The normalized spacial score (nSPS) is 17.2. The Bertz CT molecular complexity index is 1150. The maximum Gasteiger partial charge on any atom is 0.258 e. The van der Waals surface area contributed by atoms with Crippen molar-refractivity contribution in [2.75, 3.05) is 9.80 Å². The maximum atomic E-state index is 13.8. The lowest BCUT2D eigenvalue weighted by Crippen LogP contribution is -2.47. The Kier molecular flexibility index (Phi) is 7.41. The van der Waals surface area contributed by atoms with E-state index in [1.807, 2.05) is 66.4 Å². The lowest BCUT2D eigenvalue weighted by atomic mass is 9.89. The van der Waals surface area contributed by atoms with Crippen LogP contribution in [0.25, 0.3) is 0 Å². The number of carbonyl (C=O) groups excluding carboxylic acids is 2. The van der Waals surface area contributed by atoms with Gasteiger partial charge in [0.15, 0.2) is 0 Å². The minimum absolute atomic E-state index is 0.0940. The molecular weight excluding hydrogens is 427 g/mol. The number of fused-ring (bicyclic) bond motifs is 1. The number of amides is 2. The van der Waals surface area contributed by atoms with Crippen LogP contribution in [0.5, 0.6) is 0 Å². The van der Waals surface area contributed by atoms with Crippen molar-refractivity contribution in [3.63, 3.8) is 0 Å². The van der Waals surface area contributed by atoms with Crippen LogP contribution in [-0.2, 0) is 4.79 Å². The van der Waals surface area contributed by atoms with E-state index in [0.29, 0.717) is 18.4 Å². The molecule has 1 heterocycles. The van der Waals surface area contributed by atoms with Gasteiger partial charge in [0, 0.05) is 29.4 Å². The Morgan fingerprint density at radius 3 is 2.44 bits per heavy atom. The van der Waals surface area contributed by atoms with Gasteiger partial charge in [0.25, 0.3) is 5.91 Å². The van der Waals surface area contributed by atoms with E-state index in [1.165, 1.54) is 12.1 Å². The molecule has 4 nitrogen and oxygen atoms in total. The number of unbranched alkanes of at least 4 members (excludes halogenated alkanes) is 2. The molecule has 2 amide bonds. The highest BCUT2D eigenvalue weighted by Gasteiger charge is 2.38. The first-order chi connectivity index (χ1) is 16.5. The number of hydrogen-bond donors (Lipinski definition) is 0. The molecule has 34 heavy (non-hydrogen) atoms. The van der Waals surface area contributed by atoms with Crippen LogP contribution in [0.3, 0.4) is 0 Å². The van der Waals surface area contributed by atoms with Crippen LogP contribution in [0.2, 0.25) is 0 Å². The fraction of sp³-hybridized carbons (Fsp3) is 0.310. The molecule has 1 aliphatic heterocycles. The topological polar surface area (TPSA) is 40.6 Å². The summed E-state index contributed by atoms with van der Waals surface area (Å²) in [6.07, 6.45) is 4.00. The van der Waals surface area contributed by atoms with Gasteiger partial charge in [0.1, 0.15) is 5.82 Å². The average molecular weight is 459 g/mol. The number of anilines is 2. The molecule has 0 N–H and O–H groups in total. The lowest BCUT2D eigenvalue weighted by Gasteiger charge is -2.43. The molecule has 0 unspecified atom stereocenters. The fourth-order valence-electron chi connectivity index (χ4n) is 4.83. The summed E-state index contributed by atoms with van der Waals surface area (Å²) < 4.78 is 13.8. The largest absolute Gasteiger partial charge is 0.305 e. The summed E-state index contributed by atoms with van der Waals surface area (Å²) in [5.41, 5.74) is 2.87. The molecule has 0 saturated heterocycles. The van der Waals surface area contributed by atoms with Crippen molar-refractivity contribution in [3.8, 4) is 0 Å². The monoisotopic (exact) mass is 458 g/mol. The van der Waals surface area contributed by atoms with Crippen LogP contribution in [-0.4, -0.2) is 17.9 Å². The van der Waals surface area contributed by atoms with E-state index in [1.54, 1.807) is 17.0 Å². The van der Waals surface area contributed by atoms with Crippen molar-refractivity contribution < 1.29 is 14.0 Å². The first-order valence-corrected chi connectivity index (χ1v) is 12.1. The predicted octanol–water partition coefficient (Wildman–Crippen LogP) is 6.92. The Morgan fingerprint density at radius 2 is 1.71 bits per heavy atom. The molecule has 0 fully saturated rings. The van der Waals surface area contributed by atoms with Crippen LogP contribution >= 0.6 is 0 Å². The Hall–Kier alpha value is -3.47. The van der Waals surface area contributed by atoms with E-state index in [2.05, 4.69) is 6.92 Å². The van der Waals surface area contributed by atoms with Gasteiger partial charge in [-0.15, -0.1) is 0 Å². The van der Waals surface area contributed by atoms with Gasteiger partial charge in [-0.05, 0) is 61.7 Å². The first kappa shape index (κ1) is 23.7. The van der Waals surface area contributed by atoms with Crippen molar-refractivity contribution in [3.05, 3.63) is 95.8 Å². The maximum absolute atomic E-state index is 13.8. The highest BCUT2D eigenvalue weighted by atomic mass is 19.1. The number of carbonyl (C=O) groups is 2. The molecule has 0 radical (unpaired) electrons. The molecule has 0 spiro atoms. The Balaban J connectivity index is 1.74. The molecule has 3 aromatic rings. The summed E-state index contributed by atoms with van der Waals surface area (Å²) in [6.45, 7) is 4.12. The van der Waals surface area contributed by atoms with E-state index in [0.717, 1.165) is 36.2 Å². The number of benzene rings is 3. The molecule has 4 rings (SSSR count). The van der Waals surface area contributed by atoms with Gasteiger partial charge in [0.05, 0.1) is 6.04 Å². The molecule has 0 bridgehead atoms. The van der Waals surface area contributed by atoms with Crippen LogP contribution in [0.15, 0.2) is 78.9 Å². The molecule has 176 valence electrons. The first-order valence-electron chi connectivity index (χ1n) is 12.1. The third kappa shape index (κ3) is 4.89. The highest BCUT2D eigenvalue weighted by Crippen LogP contribution is 2.43. The van der Waals surface area contributed by atoms with Gasteiger partial charge in [-0.1, -0.05) is 62.2 Å². The van der Waals surface area contributed by atoms with Gasteiger partial charge in [-0.2, -0.15) is 0 Å². The van der Waals surface area contributed by atoms with Crippen LogP contribution in [0, 0.1) is 5.82 Å². The van der Waals surface area contributed by atoms with Gasteiger partial charge in [0.2, 0.25) is 5.91 Å². The number of rotatable bonds is 7. The van der Waals surface area contributed by atoms with Crippen molar-refractivity contribution in [2.24, 2.45) is 0 Å². The van der Waals surface area contributed by atoms with Crippen LogP contribution in [0.4, 0.5) is 15.8 Å². The zero-order valence-corrected chi connectivity index (χ0v) is 19.8. The Morgan fingerprint density at radius 1 is 0.971 bits per heavy atom. The van der Waals surface area contributed by atoms with Crippen molar-refractivity contribution in [1.29, 1.82) is 0 Å². The van der Waals surface area contributed by atoms with Crippen molar-refractivity contribution in [1.82, 2.24) is 0 Å². The summed E-state index contributed by atoms with van der Waals surface area (Å²) in [5.74, 6) is -0.579. The molecule has 0 aromatic heterocycles. The third-order valence-corrected chi connectivity index (χ3v) is 6.46. The van der Waals surface area contributed by atoms with Gasteiger partial charge in [-0.3, -0.25) is 9.59 Å². The van der Waals surface area contributed by atoms with E-state index in [9.17, 15) is 14.0 Å². The van der Waals surface area contributed by atoms with Crippen molar-refractivity contribution in [2.45, 2.75) is 58.0 Å². The summed E-state index contributed by atoms with van der Waals surface area (Å²) in [5, 5.41) is 0. The standard InChI is InChI=1S/C29H31FN2O2/c1-3-4-6-18-28(33)32(24-14-7-5-8-15-24)27-19-21(2)31(26-17-10-9-16-25(26)27)29(34)22-12-11-13-23(30)20-22/h5,7-17,20-21,27H,3-4,6,18-19H2,1-2H3/t21-,27+/m1/s1. The average Bonchev–Trinajstić information content (AvgIpc) is 2.85. The minimum Gasteiger partial charge on any atom is -0.305 e. The zero-order valence-electron chi connectivity index (χ0n) is 19.8. The summed E-state index contributed by atoms with van der Waals surface area (Å²) in [6, 6.07) is 23.0. The highest BCUT2D eigenvalue weighted by molar-refractivity contribution is 6.07. The third-order valence-electron chi connectivity index (χ3n) is 6.46. The van der Waals surface area contributed by atoms with Crippen molar-refractivity contribution >= 4 is 23.2 Å². The number of nitrogens with zero attached hydrogens (tertiary/aromatic N) is 2. The number of hydrogen-bond acceptors (Lipinski definition) is 2. The quantitative estimate of drug-likeness (QED) is 0.361. The smallest absolute Gasteiger partial charge is 0.258 e. The summed E-state index contributed by atoms with van der Waals surface area (Å²) in [7, 11) is 0. The van der Waals surface area contributed by atoms with Crippen LogP contribution < -0.4 is 9.80 Å². The zero-order chi connectivity index (χ0) is 24.1. The van der Waals surface area contributed by atoms with Gasteiger partial charge in [-0.25, -0.2) is 4.39 Å². The second kappa shape index (κ2) is 10.6. The van der Waals surface area contributed by atoms with Gasteiger partial charge < -0.3 is 9.80 Å². The summed E-state index contributed by atoms with van der Waals surface area (Å²) >= 11 is 0. The second-order valence-corrected chi connectivity index (χ2v) is 8.90. The van der Waals surface area contributed by atoms with Crippen LogP contribution in [0.1, 0.15) is 67.9 Å². The molecule has 5 heteroatoms. The molecular formula is C29H31FN2O2. The molecule has 0 aliphatic carbocycles.